The average Bonchev–Trinajstić information content (AvgIpc) is 2.41. The zero-order valence-corrected chi connectivity index (χ0v) is 13.5. The minimum Gasteiger partial charge on any atom is -0.491 e. The van der Waals surface area contributed by atoms with Crippen LogP contribution in [-0.4, -0.2) is 11.9 Å². The average molecular weight is 354 g/mol. The van der Waals surface area contributed by atoms with Crippen LogP contribution in [-0.2, 0) is 0 Å². The van der Waals surface area contributed by atoms with Gasteiger partial charge >= 0.3 is 0 Å². The third-order valence-corrected chi connectivity index (χ3v) is 3.48. The fraction of sp³-hybridized carbons (Fsp3) is 0.188. The van der Waals surface area contributed by atoms with Gasteiger partial charge in [0.2, 0.25) is 0 Å². The van der Waals surface area contributed by atoms with Gasteiger partial charge in [-0.05, 0) is 56.3 Å². The van der Waals surface area contributed by atoms with Gasteiger partial charge in [-0.25, -0.2) is 0 Å². The number of carbonyl (C=O) groups is 1. The first kappa shape index (κ1) is 15.1. The number of ketones is 1. The molecule has 0 fully saturated rings. The molecule has 0 aliphatic heterocycles. The molecule has 0 saturated carbocycles. The maximum absolute atomic E-state index is 12.4. The smallest absolute Gasteiger partial charge is 0.194 e. The fourth-order valence-electron chi connectivity index (χ4n) is 1.78. The summed E-state index contributed by atoms with van der Waals surface area (Å²) in [5, 5.41) is 0.445. The van der Waals surface area contributed by atoms with Crippen molar-refractivity contribution < 1.29 is 9.53 Å². The lowest BCUT2D eigenvalue weighted by Gasteiger charge is -2.10. The Labute approximate surface area is 131 Å². The second kappa shape index (κ2) is 6.42. The van der Waals surface area contributed by atoms with Crippen LogP contribution in [0.4, 0.5) is 0 Å². The lowest BCUT2D eigenvalue weighted by molar-refractivity contribution is 0.103. The molecular formula is C16H14BrClO2. The van der Waals surface area contributed by atoms with Crippen LogP contribution < -0.4 is 4.74 Å². The number of benzene rings is 2. The van der Waals surface area contributed by atoms with Gasteiger partial charge in [0.25, 0.3) is 0 Å². The van der Waals surface area contributed by atoms with Gasteiger partial charge in [-0.3, -0.25) is 4.79 Å². The predicted molar refractivity (Wildman–Crippen MR) is 84.8 cm³/mol. The first-order valence-corrected chi connectivity index (χ1v) is 7.41. The largest absolute Gasteiger partial charge is 0.491 e. The third-order valence-electron chi connectivity index (χ3n) is 2.66. The SMILES string of the molecule is CC(C)Oc1ccc(C(=O)c2cc(Br)ccc2Cl)cc1. The number of rotatable bonds is 4. The predicted octanol–water partition coefficient (Wildman–Crippen LogP) is 5.12. The third kappa shape index (κ3) is 3.62. The van der Waals surface area contributed by atoms with Crippen molar-refractivity contribution >= 4 is 33.3 Å². The number of carbonyl (C=O) groups excluding carboxylic acids is 1. The van der Waals surface area contributed by atoms with E-state index < -0.39 is 0 Å². The molecule has 0 bridgehead atoms. The Kier molecular flexibility index (Phi) is 4.84. The molecule has 20 heavy (non-hydrogen) atoms. The Morgan fingerprint density at radius 1 is 1.15 bits per heavy atom. The molecule has 0 aromatic heterocycles. The molecule has 0 atom stereocenters. The van der Waals surface area contributed by atoms with Gasteiger partial charge in [-0.15, -0.1) is 0 Å². The maximum Gasteiger partial charge on any atom is 0.194 e. The molecule has 0 aliphatic carbocycles. The van der Waals surface area contributed by atoms with Crippen LogP contribution >= 0.6 is 27.5 Å². The van der Waals surface area contributed by atoms with Crippen LogP contribution in [0, 0.1) is 0 Å². The van der Waals surface area contributed by atoms with E-state index in [4.69, 9.17) is 16.3 Å². The van der Waals surface area contributed by atoms with Crippen molar-refractivity contribution in [2.45, 2.75) is 20.0 Å². The Morgan fingerprint density at radius 3 is 2.40 bits per heavy atom. The van der Waals surface area contributed by atoms with E-state index in [1.54, 1.807) is 42.5 Å². The topological polar surface area (TPSA) is 26.3 Å². The summed E-state index contributed by atoms with van der Waals surface area (Å²) in [6.07, 6.45) is 0.107. The standard InChI is InChI=1S/C16H14BrClO2/c1-10(2)20-13-6-3-11(4-7-13)16(19)14-9-12(17)5-8-15(14)18/h3-10H,1-2H3. The summed E-state index contributed by atoms with van der Waals surface area (Å²) >= 11 is 9.42. The van der Waals surface area contributed by atoms with Crippen molar-refractivity contribution in [1.29, 1.82) is 0 Å². The molecule has 0 saturated heterocycles. The first-order chi connectivity index (χ1) is 9.47. The van der Waals surface area contributed by atoms with Gasteiger partial charge < -0.3 is 4.74 Å². The van der Waals surface area contributed by atoms with E-state index in [-0.39, 0.29) is 11.9 Å². The van der Waals surface area contributed by atoms with Crippen molar-refractivity contribution in [1.82, 2.24) is 0 Å². The van der Waals surface area contributed by atoms with E-state index in [9.17, 15) is 4.79 Å². The van der Waals surface area contributed by atoms with Crippen molar-refractivity contribution in [2.75, 3.05) is 0 Å². The molecule has 2 rings (SSSR count). The Bertz CT molecular complexity index is 621. The summed E-state index contributed by atoms with van der Waals surface area (Å²) in [6, 6.07) is 12.3. The van der Waals surface area contributed by atoms with Gasteiger partial charge in [-0.1, -0.05) is 27.5 Å². The van der Waals surface area contributed by atoms with Gasteiger partial charge in [-0.2, -0.15) is 0 Å². The Morgan fingerprint density at radius 2 is 1.80 bits per heavy atom. The number of halogens is 2. The monoisotopic (exact) mass is 352 g/mol. The van der Waals surface area contributed by atoms with E-state index in [0.717, 1.165) is 10.2 Å². The second-order valence-electron chi connectivity index (χ2n) is 4.64. The van der Waals surface area contributed by atoms with Crippen LogP contribution in [0.2, 0.25) is 5.02 Å². The zero-order chi connectivity index (χ0) is 14.7. The quantitative estimate of drug-likeness (QED) is 0.713. The molecule has 0 N–H and O–H groups in total. The van der Waals surface area contributed by atoms with Gasteiger partial charge in [0.05, 0.1) is 11.1 Å². The highest BCUT2D eigenvalue weighted by molar-refractivity contribution is 9.10. The minimum absolute atomic E-state index is 0.104. The Balaban J connectivity index is 2.27. The highest BCUT2D eigenvalue weighted by Gasteiger charge is 2.13. The van der Waals surface area contributed by atoms with Crippen LogP contribution in [0.25, 0.3) is 0 Å². The summed E-state index contributed by atoms with van der Waals surface area (Å²) in [5.41, 5.74) is 1.07. The van der Waals surface area contributed by atoms with E-state index in [2.05, 4.69) is 15.9 Å². The molecule has 104 valence electrons. The van der Waals surface area contributed by atoms with Crippen LogP contribution in [0.1, 0.15) is 29.8 Å². The lowest BCUT2D eigenvalue weighted by Crippen LogP contribution is -2.06. The van der Waals surface area contributed by atoms with Crippen LogP contribution in [0.3, 0.4) is 0 Å². The molecule has 4 heteroatoms. The molecular weight excluding hydrogens is 340 g/mol. The van der Waals surface area contributed by atoms with Gasteiger partial charge in [0, 0.05) is 15.6 Å². The van der Waals surface area contributed by atoms with Crippen LogP contribution in [0.5, 0.6) is 5.75 Å². The van der Waals surface area contributed by atoms with Crippen molar-refractivity contribution in [3.63, 3.8) is 0 Å². The molecule has 0 amide bonds. The zero-order valence-electron chi connectivity index (χ0n) is 11.2. The van der Waals surface area contributed by atoms with E-state index in [1.807, 2.05) is 13.8 Å². The molecule has 0 unspecified atom stereocenters. The van der Waals surface area contributed by atoms with Crippen molar-refractivity contribution in [2.24, 2.45) is 0 Å². The summed E-state index contributed by atoms with van der Waals surface area (Å²) in [7, 11) is 0. The van der Waals surface area contributed by atoms with Crippen molar-refractivity contribution in [3.05, 3.63) is 63.1 Å². The summed E-state index contributed by atoms with van der Waals surface area (Å²) in [6.45, 7) is 3.92. The maximum atomic E-state index is 12.4. The van der Waals surface area contributed by atoms with E-state index in [0.29, 0.717) is 16.1 Å². The Hall–Kier alpha value is -1.32. The highest BCUT2D eigenvalue weighted by atomic mass is 79.9. The summed E-state index contributed by atoms with van der Waals surface area (Å²) in [5.74, 6) is 0.643. The normalized spacial score (nSPS) is 10.7. The number of hydrogen-bond acceptors (Lipinski definition) is 2. The molecule has 0 spiro atoms. The highest BCUT2D eigenvalue weighted by Crippen LogP contribution is 2.24. The minimum atomic E-state index is -0.104. The van der Waals surface area contributed by atoms with Crippen molar-refractivity contribution in [3.8, 4) is 5.75 Å². The molecule has 2 nitrogen and oxygen atoms in total. The second-order valence-corrected chi connectivity index (χ2v) is 5.97. The first-order valence-electron chi connectivity index (χ1n) is 6.24. The molecule has 0 radical (unpaired) electrons. The molecule has 0 heterocycles. The molecule has 0 aliphatic rings. The lowest BCUT2D eigenvalue weighted by atomic mass is 10.0. The summed E-state index contributed by atoms with van der Waals surface area (Å²) < 4.78 is 6.38. The summed E-state index contributed by atoms with van der Waals surface area (Å²) in [4.78, 5) is 12.4. The van der Waals surface area contributed by atoms with E-state index in [1.165, 1.54) is 0 Å². The number of hydrogen-bond donors (Lipinski definition) is 0. The van der Waals surface area contributed by atoms with Crippen LogP contribution in [0.15, 0.2) is 46.9 Å². The fourth-order valence-corrected chi connectivity index (χ4v) is 2.35. The molecule has 2 aromatic carbocycles. The van der Waals surface area contributed by atoms with Gasteiger partial charge in [0.1, 0.15) is 5.75 Å². The number of ether oxygens (including phenoxy) is 1. The molecule has 2 aromatic rings. The van der Waals surface area contributed by atoms with E-state index >= 15 is 0 Å². The van der Waals surface area contributed by atoms with Gasteiger partial charge in [0.15, 0.2) is 5.78 Å².